The summed E-state index contributed by atoms with van der Waals surface area (Å²) >= 11 is 1.52. The monoisotopic (exact) mass is 386 g/mol. The first-order valence-corrected chi connectivity index (χ1v) is 10.5. The Morgan fingerprint density at radius 1 is 1.40 bits per heavy atom. The number of hydrogen-bond acceptors (Lipinski definition) is 6. The summed E-state index contributed by atoms with van der Waals surface area (Å²) in [6, 6.07) is 5.42. The van der Waals surface area contributed by atoms with Crippen LogP contribution in [0.5, 0.6) is 0 Å². The van der Waals surface area contributed by atoms with E-state index in [4.69, 9.17) is 5.73 Å². The van der Waals surface area contributed by atoms with Crippen molar-refractivity contribution in [3.8, 4) is 0 Å². The van der Waals surface area contributed by atoms with Crippen LogP contribution >= 0.6 is 11.8 Å². The summed E-state index contributed by atoms with van der Waals surface area (Å²) < 4.78 is 26.6. The van der Waals surface area contributed by atoms with Crippen molar-refractivity contribution in [2.24, 2.45) is 5.73 Å². The third kappa shape index (κ3) is 4.94. The van der Waals surface area contributed by atoms with E-state index in [0.717, 1.165) is 0 Å². The van der Waals surface area contributed by atoms with Gasteiger partial charge in [-0.05, 0) is 18.2 Å². The van der Waals surface area contributed by atoms with Crippen molar-refractivity contribution < 1.29 is 18.0 Å². The van der Waals surface area contributed by atoms with Crippen LogP contribution in [0.3, 0.4) is 0 Å². The first kappa shape index (κ1) is 19.7. The van der Waals surface area contributed by atoms with Gasteiger partial charge in [0.05, 0.1) is 10.8 Å². The van der Waals surface area contributed by atoms with E-state index < -0.39 is 16.1 Å². The number of thioether (sulfide) groups is 1. The summed E-state index contributed by atoms with van der Waals surface area (Å²) in [6.45, 7) is 2.07. The standard InChI is InChI=1S/C15H22N4O4S2/c1-2-14(20)19-10-24-9-13(19)15(21)18-11-4-3-5-12(8-11)25(22,23)17-7-6-16/h3-5,8,13,17H,2,6-7,9-10,16H2,1H3,(H,18,21). The lowest BCUT2D eigenvalue weighted by molar-refractivity contribution is -0.135. The van der Waals surface area contributed by atoms with Crippen LogP contribution in [0.4, 0.5) is 5.69 Å². The lowest BCUT2D eigenvalue weighted by Gasteiger charge is -2.22. The zero-order valence-corrected chi connectivity index (χ0v) is 15.5. The second-order valence-corrected chi connectivity index (χ2v) is 8.20. The first-order valence-electron chi connectivity index (χ1n) is 7.87. The molecule has 0 aromatic heterocycles. The highest BCUT2D eigenvalue weighted by Crippen LogP contribution is 2.23. The van der Waals surface area contributed by atoms with Crippen molar-refractivity contribution in [2.75, 3.05) is 30.0 Å². The molecule has 1 saturated heterocycles. The molecule has 138 valence electrons. The number of benzene rings is 1. The molecule has 25 heavy (non-hydrogen) atoms. The summed E-state index contributed by atoms with van der Waals surface area (Å²) in [5.74, 6) is 0.610. The van der Waals surface area contributed by atoms with E-state index in [-0.39, 0.29) is 29.8 Å². The van der Waals surface area contributed by atoms with E-state index in [2.05, 4.69) is 10.0 Å². The van der Waals surface area contributed by atoms with Crippen LogP contribution in [-0.4, -0.2) is 55.9 Å². The van der Waals surface area contributed by atoms with Gasteiger partial charge in [-0.25, -0.2) is 13.1 Å². The highest BCUT2D eigenvalue weighted by atomic mass is 32.2. The summed E-state index contributed by atoms with van der Waals surface area (Å²) in [5, 5.41) is 2.70. The molecule has 1 heterocycles. The molecule has 1 atom stereocenters. The highest BCUT2D eigenvalue weighted by molar-refractivity contribution is 7.99. The quantitative estimate of drug-likeness (QED) is 0.614. The zero-order chi connectivity index (χ0) is 18.4. The third-order valence-electron chi connectivity index (χ3n) is 3.66. The number of anilines is 1. The van der Waals surface area contributed by atoms with Crippen LogP contribution in [0.2, 0.25) is 0 Å². The molecule has 2 amide bonds. The van der Waals surface area contributed by atoms with Crippen molar-refractivity contribution in [2.45, 2.75) is 24.3 Å². The minimum atomic E-state index is -3.68. The maximum absolute atomic E-state index is 12.5. The molecule has 0 radical (unpaired) electrons. The molecular weight excluding hydrogens is 364 g/mol. The van der Waals surface area contributed by atoms with Crippen LogP contribution in [0, 0.1) is 0 Å². The minimum Gasteiger partial charge on any atom is -0.329 e. The van der Waals surface area contributed by atoms with Crippen LogP contribution in [-0.2, 0) is 19.6 Å². The highest BCUT2D eigenvalue weighted by Gasteiger charge is 2.33. The average molecular weight is 386 g/mol. The number of carbonyl (C=O) groups is 2. The van der Waals surface area contributed by atoms with Gasteiger partial charge in [-0.2, -0.15) is 0 Å². The van der Waals surface area contributed by atoms with Gasteiger partial charge in [-0.1, -0.05) is 13.0 Å². The summed E-state index contributed by atoms with van der Waals surface area (Å²) in [5.41, 5.74) is 5.67. The number of amides is 2. The van der Waals surface area contributed by atoms with Crippen LogP contribution in [0.15, 0.2) is 29.2 Å². The van der Waals surface area contributed by atoms with Gasteiger partial charge in [0.25, 0.3) is 0 Å². The van der Waals surface area contributed by atoms with Gasteiger partial charge in [0.1, 0.15) is 6.04 Å². The molecule has 1 fully saturated rings. The summed E-state index contributed by atoms with van der Waals surface area (Å²) in [4.78, 5) is 26.0. The van der Waals surface area contributed by atoms with E-state index in [0.29, 0.717) is 23.7 Å². The molecular formula is C15H22N4O4S2. The lowest BCUT2D eigenvalue weighted by atomic mass is 10.2. The van der Waals surface area contributed by atoms with E-state index in [1.54, 1.807) is 24.0 Å². The Morgan fingerprint density at radius 2 is 2.16 bits per heavy atom. The van der Waals surface area contributed by atoms with Crippen LogP contribution < -0.4 is 15.8 Å². The molecule has 0 saturated carbocycles. The molecule has 0 bridgehead atoms. The third-order valence-corrected chi connectivity index (χ3v) is 6.13. The van der Waals surface area contributed by atoms with Crippen molar-refractivity contribution in [3.05, 3.63) is 24.3 Å². The fourth-order valence-corrected chi connectivity index (χ4v) is 4.63. The number of hydrogen-bond donors (Lipinski definition) is 3. The predicted molar refractivity (Wildman–Crippen MR) is 97.6 cm³/mol. The predicted octanol–water partition coefficient (Wildman–Crippen LogP) is 0.174. The molecule has 0 aliphatic carbocycles. The average Bonchev–Trinajstić information content (AvgIpc) is 3.09. The normalized spacial score (nSPS) is 17.5. The maximum atomic E-state index is 12.5. The van der Waals surface area contributed by atoms with Gasteiger partial charge in [0.15, 0.2) is 0 Å². The van der Waals surface area contributed by atoms with Gasteiger partial charge in [-0.15, -0.1) is 11.8 Å². The van der Waals surface area contributed by atoms with E-state index in [1.165, 1.54) is 23.9 Å². The summed E-state index contributed by atoms with van der Waals surface area (Å²) in [6.07, 6.45) is 0.338. The molecule has 1 aliphatic rings. The zero-order valence-electron chi connectivity index (χ0n) is 13.9. The van der Waals surface area contributed by atoms with Gasteiger partial charge < -0.3 is 16.0 Å². The molecule has 2 rings (SSSR count). The Hall–Kier alpha value is -1.62. The molecule has 1 aromatic carbocycles. The molecule has 8 nitrogen and oxygen atoms in total. The largest absolute Gasteiger partial charge is 0.329 e. The molecule has 0 spiro atoms. The number of nitrogens with two attached hydrogens (primary N) is 1. The van der Waals surface area contributed by atoms with E-state index in [9.17, 15) is 18.0 Å². The van der Waals surface area contributed by atoms with Crippen LogP contribution in [0.1, 0.15) is 13.3 Å². The molecule has 4 N–H and O–H groups in total. The Balaban J connectivity index is 2.11. The number of sulfonamides is 1. The Bertz CT molecular complexity index is 739. The van der Waals surface area contributed by atoms with Gasteiger partial charge >= 0.3 is 0 Å². The second-order valence-electron chi connectivity index (χ2n) is 5.44. The molecule has 10 heteroatoms. The van der Waals surface area contributed by atoms with Crippen molar-refractivity contribution in [3.63, 3.8) is 0 Å². The van der Waals surface area contributed by atoms with Gasteiger partial charge in [0, 0.05) is 31.0 Å². The summed E-state index contributed by atoms with van der Waals surface area (Å²) in [7, 11) is -3.68. The smallest absolute Gasteiger partial charge is 0.248 e. The fraction of sp³-hybridized carbons (Fsp3) is 0.467. The molecule has 1 aliphatic heterocycles. The number of rotatable bonds is 7. The second kappa shape index (κ2) is 8.65. The van der Waals surface area contributed by atoms with Gasteiger partial charge in [-0.3, -0.25) is 9.59 Å². The van der Waals surface area contributed by atoms with Crippen LogP contribution in [0.25, 0.3) is 0 Å². The Morgan fingerprint density at radius 3 is 2.84 bits per heavy atom. The number of nitrogens with zero attached hydrogens (tertiary/aromatic N) is 1. The van der Waals surface area contributed by atoms with E-state index >= 15 is 0 Å². The topological polar surface area (TPSA) is 122 Å². The maximum Gasteiger partial charge on any atom is 0.248 e. The van der Waals surface area contributed by atoms with Gasteiger partial charge in [0.2, 0.25) is 21.8 Å². The fourth-order valence-electron chi connectivity index (χ4n) is 2.35. The Labute approximate surface area is 151 Å². The lowest BCUT2D eigenvalue weighted by Crippen LogP contribution is -2.44. The van der Waals surface area contributed by atoms with Crippen molar-refractivity contribution >= 4 is 39.3 Å². The number of nitrogens with one attached hydrogen (secondary N) is 2. The number of carbonyl (C=O) groups excluding carboxylic acids is 2. The molecule has 1 unspecified atom stereocenters. The minimum absolute atomic E-state index is 0.0426. The first-order chi connectivity index (χ1) is 11.9. The van der Waals surface area contributed by atoms with Crippen molar-refractivity contribution in [1.82, 2.24) is 9.62 Å². The van der Waals surface area contributed by atoms with Crippen molar-refractivity contribution in [1.29, 1.82) is 0 Å². The SMILES string of the molecule is CCC(=O)N1CSCC1C(=O)Nc1cccc(S(=O)(=O)NCCN)c1. The molecule has 1 aromatic rings. The van der Waals surface area contributed by atoms with E-state index in [1.807, 2.05) is 0 Å². The Kier molecular flexibility index (Phi) is 6.82.